The van der Waals surface area contributed by atoms with E-state index in [0.29, 0.717) is 17.3 Å². The summed E-state index contributed by atoms with van der Waals surface area (Å²) in [5.74, 6) is -0.360. The van der Waals surface area contributed by atoms with Gasteiger partial charge in [-0.2, -0.15) is 5.10 Å². The summed E-state index contributed by atoms with van der Waals surface area (Å²) in [6.07, 6.45) is 0.836. The third kappa shape index (κ3) is 3.91. The van der Waals surface area contributed by atoms with Crippen LogP contribution in [0.15, 0.2) is 71.5 Å². The molecule has 0 saturated heterocycles. The molecule has 8 heteroatoms. The Morgan fingerprint density at radius 1 is 0.939 bits per heavy atom. The number of hydrogen-bond acceptors (Lipinski definition) is 4. The van der Waals surface area contributed by atoms with E-state index in [9.17, 15) is 14.4 Å². The van der Waals surface area contributed by atoms with E-state index in [0.717, 1.165) is 6.42 Å². The number of benzene rings is 3. The van der Waals surface area contributed by atoms with Crippen LogP contribution in [0, 0.1) is 0 Å². The third-order valence-corrected chi connectivity index (χ3v) is 6.00. The van der Waals surface area contributed by atoms with Crippen molar-refractivity contribution in [2.24, 2.45) is 0 Å². The van der Waals surface area contributed by atoms with Crippen LogP contribution in [0.25, 0.3) is 21.5 Å². The van der Waals surface area contributed by atoms with E-state index in [1.807, 2.05) is 18.2 Å². The van der Waals surface area contributed by atoms with Crippen molar-refractivity contribution in [3.8, 4) is 0 Å². The number of nitrogens with zero attached hydrogens (tertiary/aromatic N) is 2. The molecular weight excluding hydrogens is 418 g/mol. The largest absolute Gasteiger partial charge is 0.333 e. The Labute approximate surface area is 189 Å². The van der Waals surface area contributed by atoms with Gasteiger partial charge in [0.15, 0.2) is 5.69 Å². The second-order valence-corrected chi connectivity index (χ2v) is 8.08. The molecule has 0 spiro atoms. The number of fused-ring (bicyclic) bond motifs is 2. The zero-order valence-corrected chi connectivity index (χ0v) is 18.0. The highest BCUT2D eigenvalue weighted by Gasteiger charge is 2.40. The Morgan fingerprint density at radius 3 is 2.42 bits per heavy atom. The second-order valence-electron chi connectivity index (χ2n) is 8.08. The molecule has 8 nitrogen and oxygen atoms in total. The number of carbonyl (C=O) groups excluding carboxylic acids is 2. The van der Waals surface area contributed by atoms with Gasteiger partial charge in [0.05, 0.1) is 5.39 Å². The molecular formula is C25H23N5O3. The highest BCUT2D eigenvalue weighted by molar-refractivity contribution is 6.05. The van der Waals surface area contributed by atoms with Gasteiger partial charge in [0, 0.05) is 23.9 Å². The molecule has 33 heavy (non-hydrogen) atoms. The molecule has 3 N–H and O–H groups in total. The summed E-state index contributed by atoms with van der Waals surface area (Å²) in [5, 5.41) is 10.3. The molecule has 1 saturated carbocycles. The van der Waals surface area contributed by atoms with Gasteiger partial charge in [-0.15, -0.1) is 0 Å². The number of hydrogen-bond donors (Lipinski definition) is 3. The van der Waals surface area contributed by atoms with Gasteiger partial charge < -0.3 is 5.32 Å². The molecule has 166 valence electrons. The van der Waals surface area contributed by atoms with Crippen molar-refractivity contribution < 1.29 is 9.59 Å². The van der Waals surface area contributed by atoms with Gasteiger partial charge >= 0.3 is 6.03 Å². The number of carbonyl (C=O) groups is 2. The summed E-state index contributed by atoms with van der Waals surface area (Å²) >= 11 is 0. The van der Waals surface area contributed by atoms with Crippen molar-refractivity contribution >= 4 is 33.5 Å². The Hall–Kier alpha value is -4.20. The first-order chi connectivity index (χ1) is 16.1. The standard InChI is InChI=1S/C25H23N5O3/c1-2-30-24(32)19-12-6-5-11-18(19)22(29-30)23(31)27-28-25(33)26-21-14-20(21)17-13-7-9-15-8-3-4-10-16(15)17/h3-13,20-21H,2,14H2,1H3,(H,27,31)(H2,26,28,33)/t20-,21+/m0/s1. The Kier molecular flexibility index (Phi) is 5.26. The highest BCUT2D eigenvalue weighted by atomic mass is 16.2. The minimum atomic E-state index is -0.593. The minimum absolute atomic E-state index is 0.00587. The lowest BCUT2D eigenvalue weighted by Crippen LogP contribution is -2.48. The van der Waals surface area contributed by atoms with Crippen LogP contribution in [0.2, 0.25) is 0 Å². The molecule has 5 rings (SSSR count). The Morgan fingerprint density at radius 2 is 1.64 bits per heavy atom. The first kappa shape index (κ1) is 20.7. The topological polar surface area (TPSA) is 105 Å². The quantitative estimate of drug-likeness (QED) is 0.423. The first-order valence-electron chi connectivity index (χ1n) is 10.9. The maximum absolute atomic E-state index is 12.7. The van der Waals surface area contributed by atoms with Crippen molar-refractivity contribution in [2.45, 2.75) is 31.8 Å². The van der Waals surface area contributed by atoms with Crippen molar-refractivity contribution in [2.75, 3.05) is 0 Å². The summed E-state index contributed by atoms with van der Waals surface area (Å²) in [6.45, 7) is 2.10. The molecule has 1 aromatic heterocycles. The van der Waals surface area contributed by atoms with Gasteiger partial charge in [-0.1, -0.05) is 60.7 Å². The zero-order valence-electron chi connectivity index (χ0n) is 18.0. The lowest BCUT2D eigenvalue weighted by atomic mass is 10.0. The van der Waals surface area contributed by atoms with Crippen LogP contribution in [0.5, 0.6) is 0 Å². The second kappa shape index (κ2) is 8.38. The van der Waals surface area contributed by atoms with Crippen molar-refractivity contribution in [1.29, 1.82) is 0 Å². The lowest BCUT2D eigenvalue weighted by molar-refractivity contribution is 0.0930. The zero-order chi connectivity index (χ0) is 22.9. The number of rotatable bonds is 4. The van der Waals surface area contributed by atoms with Gasteiger partial charge in [-0.25, -0.2) is 14.9 Å². The van der Waals surface area contributed by atoms with Crippen molar-refractivity contribution in [1.82, 2.24) is 25.9 Å². The normalized spacial score (nSPS) is 17.0. The molecule has 3 amide bonds. The van der Waals surface area contributed by atoms with E-state index < -0.39 is 11.9 Å². The van der Waals surface area contributed by atoms with E-state index in [4.69, 9.17) is 0 Å². The highest BCUT2D eigenvalue weighted by Crippen LogP contribution is 2.43. The fourth-order valence-corrected chi connectivity index (χ4v) is 4.27. The van der Waals surface area contributed by atoms with Crippen LogP contribution in [-0.4, -0.2) is 27.8 Å². The summed E-state index contributed by atoms with van der Waals surface area (Å²) < 4.78 is 1.23. The van der Waals surface area contributed by atoms with E-state index in [-0.39, 0.29) is 23.2 Å². The number of nitrogens with one attached hydrogen (secondary N) is 3. The maximum Gasteiger partial charge on any atom is 0.333 e. The molecule has 3 aromatic carbocycles. The minimum Gasteiger partial charge on any atom is -0.333 e. The molecule has 4 aromatic rings. The number of aromatic nitrogens is 2. The predicted molar refractivity (Wildman–Crippen MR) is 126 cm³/mol. The number of urea groups is 1. The summed E-state index contributed by atoms with van der Waals surface area (Å²) in [6, 6.07) is 20.7. The van der Waals surface area contributed by atoms with Gasteiger partial charge in [-0.05, 0) is 35.7 Å². The molecule has 0 radical (unpaired) electrons. The molecule has 1 aliphatic rings. The third-order valence-electron chi connectivity index (χ3n) is 6.00. The molecule has 0 unspecified atom stereocenters. The van der Waals surface area contributed by atoms with Crippen LogP contribution >= 0.6 is 0 Å². The van der Waals surface area contributed by atoms with Crippen LogP contribution in [-0.2, 0) is 6.54 Å². The monoisotopic (exact) mass is 441 g/mol. The fourth-order valence-electron chi connectivity index (χ4n) is 4.27. The summed E-state index contributed by atoms with van der Waals surface area (Å²) in [7, 11) is 0. The van der Waals surface area contributed by atoms with Crippen LogP contribution in [0.3, 0.4) is 0 Å². The van der Waals surface area contributed by atoms with Crippen LogP contribution < -0.4 is 21.7 Å². The van der Waals surface area contributed by atoms with Gasteiger partial charge in [0.2, 0.25) is 0 Å². The molecule has 0 bridgehead atoms. The molecule has 1 aliphatic carbocycles. The van der Waals surface area contributed by atoms with Crippen LogP contribution in [0.4, 0.5) is 4.79 Å². The summed E-state index contributed by atoms with van der Waals surface area (Å²) in [5.41, 5.74) is 5.83. The predicted octanol–water partition coefficient (Wildman–Crippen LogP) is 3.07. The number of aryl methyl sites for hydroxylation is 1. The summed E-state index contributed by atoms with van der Waals surface area (Å²) in [4.78, 5) is 37.6. The average Bonchev–Trinajstić information content (AvgIpc) is 3.61. The van der Waals surface area contributed by atoms with E-state index in [2.05, 4.69) is 45.5 Å². The number of hydrazine groups is 1. The van der Waals surface area contributed by atoms with Gasteiger partial charge in [0.25, 0.3) is 11.5 Å². The van der Waals surface area contributed by atoms with E-state index >= 15 is 0 Å². The Balaban J connectivity index is 1.25. The van der Waals surface area contributed by atoms with Crippen molar-refractivity contribution in [3.63, 3.8) is 0 Å². The van der Waals surface area contributed by atoms with Gasteiger partial charge in [-0.3, -0.25) is 15.0 Å². The van der Waals surface area contributed by atoms with Gasteiger partial charge in [0.1, 0.15) is 0 Å². The molecule has 1 heterocycles. The van der Waals surface area contributed by atoms with E-state index in [1.54, 1.807) is 31.2 Å². The van der Waals surface area contributed by atoms with Crippen LogP contribution in [0.1, 0.15) is 35.3 Å². The lowest BCUT2D eigenvalue weighted by Gasteiger charge is -2.12. The van der Waals surface area contributed by atoms with E-state index in [1.165, 1.54) is 21.0 Å². The Bertz CT molecular complexity index is 1440. The van der Waals surface area contributed by atoms with Crippen molar-refractivity contribution in [3.05, 3.63) is 88.3 Å². The maximum atomic E-state index is 12.7. The smallest absolute Gasteiger partial charge is 0.333 e. The molecule has 2 atom stereocenters. The molecule has 0 aliphatic heterocycles. The number of amides is 3. The molecule has 1 fully saturated rings. The average molecular weight is 441 g/mol. The fraction of sp³-hybridized carbons (Fsp3) is 0.200. The SMILES string of the molecule is CCn1nc(C(=O)NNC(=O)N[C@@H]2C[C@H]2c2cccc3ccccc23)c2ccccc2c1=O. The first-order valence-corrected chi connectivity index (χ1v) is 10.9.